The van der Waals surface area contributed by atoms with Crippen LogP contribution in [-0.4, -0.2) is 4.57 Å². The Morgan fingerprint density at radius 3 is 1.82 bits per heavy atom. The molecule has 1 heterocycles. The highest BCUT2D eigenvalue weighted by molar-refractivity contribution is 9.10. The van der Waals surface area contributed by atoms with E-state index in [0.29, 0.717) is 0 Å². The molecule has 158 valence electrons. The van der Waals surface area contributed by atoms with E-state index in [4.69, 9.17) is 0 Å². The van der Waals surface area contributed by atoms with Gasteiger partial charge in [0.25, 0.3) is 0 Å². The van der Waals surface area contributed by atoms with Gasteiger partial charge in [0.05, 0.1) is 11.0 Å². The van der Waals surface area contributed by atoms with Gasteiger partial charge in [0.15, 0.2) is 0 Å². The zero-order valence-electron chi connectivity index (χ0n) is 17.9. The summed E-state index contributed by atoms with van der Waals surface area (Å²) < 4.78 is 3.42. The van der Waals surface area contributed by atoms with Crippen molar-refractivity contribution in [2.75, 3.05) is 4.90 Å². The van der Waals surface area contributed by atoms with Crippen LogP contribution in [0.2, 0.25) is 0 Å². The Kier molecular flexibility index (Phi) is 4.97. The first-order valence-electron chi connectivity index (χ1n) is 11.0. The molecule has 1 aromatic heterocycles. The molecule has 0 fully saturated rings. The summed E-state index contributed by atoms with van der Waals surface area (Å²) in [4.78, 5) is 2.31. The van der Waals surface area contributed by atoms with E-state index in [2.05, 4.69) is 153 Å². The molecule has 0 atom stereocenters. The number of para-hydroxylation sites is 3. The van der Waals surface area contributed by atoms with E-state index < -0.39 is 0 Å². The molecule has 6 aromatic rings. The molecular weight excluding hydrogens is 468 g/mol. The van der Waals surface area contributed by atoms with E-state index in [1.807, 2.05) is 0 Å². The quantitative estimate of drug-likeness (QED) is 0.240. The number of benzene rings is 5. The first kappa shape index (κ1) is 19.8. The monoisotopic (exact) mass is 488 g/mol. The summed E-state index contributed by atoms with van der Waals surface area (Å²) in [5, 5.41) is 2.49. The van der Waals surface area contributed by atoms with E-state index >= 15 is 0 Å². The summed E-state index contributed by atoms with van der Waals surface area (Å²) in [6.07, 6.45) is 0. The molecule has 5 aromatic carbocycles. The van der Waals surface area contributed by atoms with Crippen molar-refractivity contribution >= 4 is 54.8 Å². The SMILES string of the molecule is Brc1ccc(N(c2ccccc2)c2ccc3c(c2)c2ccccc2n3-c2ccccc2)cc1. The lowest BCUT2D eigenvalue weighted by Crippen LogP contribution is -2.09. The van der Waals surface area contributed by atoms with Gasteiger partial charge in [-0.15, -0.1) is 0 Å². The minimum Gasteiger partial charge on any atom is -0.310 e. The highest BCUT2D eigenvalue weighted by Gasteiger charge is 2.16. The topological polar surface area (TPSA) is 8.17 Å². The first-order chi connectivity index (χ1) is 16.3. The third-order valence-corrected chi connectivity index (χ3v) is 6.56. The van der Waals surface area contributed by atoms with E-state index in [1.54, 1.807) is 0 Å². The molecule has 0 bridgehead atoms. The molecule has 0 N–H and O–H groups in total. The van der Waals surface area contributed by atoms with Crippen molar-refractivity contribution in [3.8, 4) is 5.69 Å². The van der Waals surface area contributed by atoms with Gasteiger partial charge in [-0.05, 0) is 72.8 Å². The average molecular weight is 489 g/mol. The van der Waals surface area contributed by atoms with Gasteiger partial charge >= 0.3 is 0 Å². The fourth-order valence-electron chi connectivity index (χ4n) is 4.57. The van der Waals surface area contributed by atoms with E-state index in [0.717, 1.165) is 21.5 Å². The van der Waals surface area contributed by atoms with Crippen molar-refractivity contribution in [2.45, 2.75) is 0 Å². The number of rotatable bonds is 4. The number of halogens is 1. The maximum atomic E-state index is 3.57. The van der Waals surface area contributed by atoms with Crippen LogP contribution < -0.4 is 4.90 Å². The van der Waals surface area contributed by atoms with Crippen LogP contribution in [0.4, 0.5) is 17.1 Å². The number of aromatic nitrogens is 1. The summed E-state index contributed by atoms with van der Waals surface area (Å²) in [6.45, 7) is 0. The second-order valence-electron chi connectivity index (χ2n) is 8.04. The first-order valence-corrected chi connectivity index (χ1v) is 11.8. The molecule has 0 amide bonds. The van der Waals surface area contributed by atoms with Crippen molar-refractivity contribution < 1.29 is 0 Å². The lowest BCUT2D eigenvalue weighted by atomic mass is 10.1. The maximum Gasteiger partial charge on any atom is 0.0542 e. The van der Waals surface area contributed by atoms with Gasteiger partial charge in [0.1, 0.15) is 0 Å². The predicted octanol–water partition coefficient (Wildman–Crippen LogP) is 9.02. The lowest BCUT2D eigenvalue weighted by molar-refractivity contribution is 1.18. The van der Waals surface area contributed by atoms with Gasteiger partial charge in [-0.1, -0.05) is 70.5 Å². The van der Waals surface area contributed by atoms with Crippen LogP contribution in [0.3, 0.4) is 0 Å². The third-order valence-electron chi connectivity index (χ3n) is 6.03. The third kappa shape index (κ3) is 3.51. The van der Waals surface area contributed by atoms with Crippen LogP contribution in [0.5, 0.6) is 0 Å². The highest BCUT2D eigenvalue weighted by atomic mass is 79.9. The van der Waals surface area contributed by atoms with Gasteiger partial charge in [-0.2, -0.15) is 0 Å². The Morgan fingerprint density at radius 2 is 1.06 bits per heavy atom. The van der Waals surface area contributed by atoms with Gasteiger partial charge in [-0.25, -0.2) is 0 Å². The standard InChI is InChI=1S/C30H21BrN2/c31-22-15-17-25(18-16-22)32(23-9-3-1-4-10-23)26-19-20-30-28(21-26)27-13-7-8-14-29(27)33(30)24-11-5-2-6-12-24/h1-21H. The number of nitrogens with zero attached hydrogens (tertiary/aromatic N) is 2. The van der Waals surface area contributed by atoms with E-state index in [-0.39, 0.29) is 0 Å². The molecular formula is C30H21BrN2. The minimum absolute atomic E-state index is 1.07. The van der Waals surface area contributed by atoms with Crippen LogP contribution in [0.1, 0.15) is 0 Å². The van der Waals surface area contributed by atoms with Crippen molar-refractivity contribution in [2.24, 2.45) is 0 Å². The Labute approximate surface area is 201 Å². The minimum atomic E-state index is 1.07. The molecule has 0 unspecified atom stereocenters. The van der Waals surface area contributed by atoms with Gasteiger partial charge < -0.3 is 9.47 Å². The Balaban J connectivity index is 1.61. The molecule has 2 nitrogen and oxygen atoms in total. The smallest absolute Gasteiger partial charge is 0.0542 e. The molecule has 0 saturated heterocycles. The van der Waals surface area contributed by atoms with E-state index in [9.17, 15) is 0 Å². The fraction of sp³-hybridized carbons (Fsp3) is 0. The van der Waals surface area contributed by atoms with Gasteiger partial charge in [0.2, 0.25) is 0 Å². The summed E-state index contributed by atoms with van der Waals surface area (Å²) >= 11 is 3.57. The summed E-state index contributed by atoms with van der Waals surface area (Å²) in [5.74, 6) is 0. The zero-order valence-corrected chi connectivity index (χ0v) is 19.5. The average Bonchev–Trinajstić information content (AvgIpc) is 3.20. The van der Waals surface area contributed by atoms with Crippen molar-refractivity contribution in [1.29, 1.82) is 0 Å². The van der Waals surface area contributed by atoms with Crippen molar-refractivity contribution in [1.82, 2.24) is 4.57 Å². The van der Waals surface area contributed by atoms with Crippen molar-refractivity contribution in [3.63, 3.8) is 0 Å². The molecule has 0 aliphatic carbocycles. The summed E-state index contributed by atoms with van der Waals surface area (Å²) in [6, 6.07) is 45.0. The number of anilines is 3. The molecule has 0 radical (unpaired) electrons. The Bertz CT molecular complexity index is 1550. The number of hydrogen-bond acceptors (Lipinski definition) is 1. The molecule has 0 saturated carbocycles. The van der Waals surface area contributed by atoms with Crippen molar-refractivity contribution in [3.05, 3.63) is 132 Å². The van der Waals surface area contributed by atoms with Gasteiger partial charge in [0, 0.05) is 38.0 Å². The normalized spacial score (nSPS) is 11.2. The van der Waals surface area contributed by atoms with Crippen LogP contribution >= 0.6 is 15.9 Å². The zero-order chi connectivity index (χ0) is 22.2. The van der Waals surface area contributed by atoms with Crippen LogP contribution in [-0.2, 0) is 0 Å². The molecule has 6 rings (SSSR count). The highest BCUT2D eigenvalue weighted by Crippen LogP contribution is 2.39. The Morgan fingerprint density at radius 1 is 0.485 bits per heavy atom. The lowest BCUT2D eigenvalue weighted by Gasteiger charge is -2.25. The van der Waals surface area contributed by atoms with Crippen LogP contribution in [0, 0.1) is 0 Å². The summed E-state index contributed by atoms with van der Waals surface area (Å²) in [7, 11) is 0. The van der Waals surface area contributed by atoms with Gasteiger partial charge in [-0.3, -0.25) is 0 Å². The number of hydrogen-bond donors (Lipinski definition) is 0. The van der Waals surface area contributed by atoms with E-state index in [1.165, 1.54) is 27.5 Å². The van der Waals surface area contributed by atoms with Crippen LogP contribution in [0.15, 0.2) is 132 Å². The van der Waals surface area contributed by atoms with Crippen LogP contribution in [0.25, 0.3) is 27.5 Å². The molecule has 3 heteroatoms. The number of fused-ring (bicyclic) bond motifs is 3. The molecule has 0 spiro atoms. The summed E-state index contributed by atoms with van der Waals surface area (Å²) in [5.41, 5.74) is 6.97. The molecule has 0 aliphatic rings. The molecule has 33 heavy (non-hydrogen) atoms. The fourth-order valence-corrected chi connectivity index (χ4v) is 4.83. The Hall–Kier alpha value is -3.82. The maximum absolute atomic E-state index is 3.57. The largest absolute Gasteiger partial charge is 0.310 e. The second-order valence-corrected chi connectivity index (χ2v) is 8.95. The molecule has 0 aliphatic heterocycles. The predicted molar refractivity (Wildman–Crippen MR) is 143 cm³/mol. The second kappa shape index (κ2) is 8.27.